The summed E-state index contributed by atoms with van der Waals surface area (Å²) in [5.74, 6) is 2.62. The summed E-state index contributed by atoms with van der Waals surface area (Å²) >= 11 is 0. The predicted molar refractivity (Wildman–Crippen MR) is 77.0 cm³/mol. The SMILES string of the molecule is C#CCCNCc1ccc(-c2ccccc2)cc1. The minimum absolute atomic E-state index is 0.780. The third kappa shape index (κ3) is 3.48. The standard InChI is InChI=1S/C17H17N/c1-2-3-13-18-14-15-9-11-17(12-10-15)16-7-5-4-6-8-16/h1,4-12,18H,3,13-14H2. The van der Waals surface area contributed by atoms with Crippen molar-refractivity contribution in [3.63, 3.8) is 0 Å². The summed E-state index contributed by atoms with van der Waals surface area (Å²) in [7, 11) is 0. The molecule has 0 unspecified atom stereocenters. The fourth-order valence-corrected chi connectivity index (χ4v) is 1.84. The maximum absolute atomic E-state index is 5.20. The van der Waals surface area contributed by atoms with Crippen LogP contribution in [0.1, 0.15) is 12.0 Å². The Hall–Kier alpha value is -2.04. The molecular weight excluding hydrogens is 218 g/mol. The molecule has 2 rings (SSSR count). The van der Waals surface area contributed by atoms with Crippen molar-refractivity contribution < 1.29 is 0 Å². The molecule has 0 aliphatic heterocycles. The van der Waals surface area contributed by atoms with Gasteiger partial charge in [0, 0.05) is 19.5 Å². The van der Waals surface area contributed by atoms with Crippen molar-refractivity contribution in [2.24, 2.45) is 0 Å². The van der Waals surface area contributed by atoms with Gasteiger partial charge in [0.2, 0.25) is 0 Å². The van der Waals surface area contributed by atoms with Gasteiger partial charge in [-0.3, -0.25) is 0 Å². The van der Waals surface area contributed by atoms with Crippen molar-refractivity contribution in [3.8, 4) is 23.5 Å². The molecule has 0 saturated carbocycles. The molecule has 0 atom stereocenters. The zero-order valence-electron chi connectivity index (χ0n) is 10.4. The highest BCUT2D eigenvalue weighted by Gasteiger charge is 1.97. The first-order chi connectivity index (χ1) is 8.90. The fourth-order valence-electron chi connectivity index (χ4n) is 1.84. The number of hydrogen-bond acceptors (Lipinski definition) is 1. The largest absolute Gasteiger partial charge is 0.312 e. The van der Waals surface area contributed by atoms with Gasteiger partial charge in [-0.05, 0) is 16.7 Å². The Morgan fingerprint density at radius 3 is 2.22 bits per heavy atom. The lowest BCUT2D eigenvalue weighted by atomic mass is 10.0. The van der Waals surface area contributed by atoms with E-state index in [1.165, 1.54) is 16.7 Å². The van der Waals surface area contributed by atoms with E-state index in [1.807, 2.05) is 6.07 Å². The summed E-state index contributed by atoms with van der Waals surface area (Å²) in [4.78, 5) is 0. The van der Waals surface area contributed by atoms with Crippen LogP contribution in [0.5, 0.6) is 0 Å². The minimum Gasteiger partial charge on any atom is -0.312 e. The Morgan fingerprint density at radius 2 is 1.56 bits per heavy atom. The molecule has 0 amide bonds. The first kappa shape index (κ1) is 12.4. The van der Waals surface area contributed by atoms with Gasteiger partial charge < -0.3 is 5.32 Å². The smallest absolute Gasteiger partial charge is 0.0212 e. The van der Waals surface area contributed by atoms with Gasteiger partial charge in [-0.1, -0.05) is 54.6 Å². The van der Waals surface area contributed by atoms with Gasteiger partial charge in [0.15, 0.2) is 0 Å². The van der Waals surface area contributed by atoms with Crippen LogP contribution in [0.4, 0.5) is 0 Å². The molecule has 0 aliphatic rings. The molecule has 1 heteroatoms. The van der Waals surface area contributed by atoms with E-state index in [0.29, 0.717) is 0 Å². The Kier molecular flexibility index (Phi) is 4.58. The van der Waals surface area contributed by atoms with Crippen molar-refractivity contribution in [2.45, 2.75) is 13.0 Å². The van der Waals surface area contributed by atoms with Crippen LogP contribution in [-0.4, -0.2) is 6.54 Å². The molecule has 0 heterocycles. The molecule has 0 aliphatic carbocycles. The van der Waals surface area contributed by atoms with Gasteiger partial charge in [0.1, 0.15) is 0 Å². The fraction of sp³-hybridized carbons (Fsp3) is 0.176. The third-order valence-electron chi connectivity index (χ3n) is 2.84. The number of hydrogen-bond donors (Lipinski definition) is 1. The molecular formula is C17H17N. The maximum atomic E-state index is 5.20. The van der Waals surface area contributed by atoms with Crippen LogP contribution in [0.15, 0.2) is 54.6 Å². The molecule has 1 nitrogen and oxygen atoms in total. The van der Waals surface area contributed by atoms with Gasteiger partial charge in [0.05, 0.1) is 0 Å². The van der Waals surface area contributed by atoms with Crippen LogP contribution in [0.3, 0.4) is 0 Å². The number of benzene rings is 2. The highest BCUT2D eigenvalue weighted by Crippen LogP contribution is 2.19. The number of terminal acetylenes is 1. The number of nitrogens with one attached hydrogen (secondary N) is 1. The third-order valence-corrected chi connectivity index (χ3v) is 2.84. The molecule has 2 aromatic rings. The topological polar surface area (TPSA) is 12.0 Å². The van der Waals surface area contributed by atoms with Crippen LogP contribution in [0.25, 0.3) is 11.1 Å². The van der Waals surface area contributed by atoms with Crippen molar-refractivity contribution in [1.82, 2.24) is 5.32 Å². The second kappa shape index (κ2) is 6.64. The highest BCUT2D eigenvalue weighted by molar-refractivity contribution is 5.63. The van der Waals surface area contributed by atoms with Gasteiger partial charge in [-0.25, -0.2) is 0 Å². The molecule has 0 spiro atoms. The second-order valence-electron chi connectivity index (χ2n) is 4.19. The molecule has 1 N–H and O–H groups in total. The average molecular weight is 235 g/mol. The van der Waals surface area contributed by atoms with Crippen molar-refractivity contribution in [2.75, 3.05) is 6.54 Å². The van der Waals surface area contributed by atoms with E-state index in [1.54, 1.807) is 0 Å². The molecule has 0 fully saturated rings. The van der Waals surface area contributed by atoms with E-state index in [-0.39, 0.29) is 0 Å². The molecule has 0 aromatic heterocycles. The Bertz CT molecular complexity index is 506. The van der Waals surface area contributed by atoms with Crippen molar-refractivity contribution in [3.05, 3.63) is 60.2 Å². The van der Waals surface area contributed by atoms with E-state index >= 15 is 0 Å². The first-order valence-corrected chi connectivity index (χ1v) is 6.18. The average Bonchev–Trinajstić information content (AvgIpc) is 2.45. The lowest BCUT2D eigenvalue weighted by molar-refractivity contribution is 0.701. The summed E-state index contributed by atoms with van der Waals surface area (Å²) in [6, 6.07) is 19.0. The predicted octanol–water partition coefficient (Wildman–Crippen LogP) is 3.47. The van der Waals surface area contributed by atoms with Crippen LogP contribution in [0, 0.1) is 12.3 Å². The highest BCUT2D eigenvalue weighted by atomic mass is 14.8. The lowest BCUT2D eigenvalue weighted by Crippen LogP contribution is -2.13. The van der Waals surface area contributed by atoms with Crippen LogP contribution in [0.2, 0.25) is 0 Å². The monoisotopic (exact) mass is 235 g/mol. The Balaban J connectivity index is 1.96. The van der Waals surface area contributed by atoms with Gasteiger partial charge in [-0.15, -0.1) is 12.3 Å². The first-order valence-electron chi connectivity index (χ1n) is 6.18. The molecule has 0 saturated heterocycles. The summed E-state index contributed by atoms with van der Waals surface area (Å²) < 4.78 is 0. The van der Waals surface area contributed by atoms with E-state index in [4.69, 9.17) is 6.42 Å². The summed E-state index contributed by atoms with van der Waals surface area (Å²) in [6.07, 6.45) is 5.98. The Labute approximate surface area is 109 Å². The molecule has 90 valence electrons. The Morgan fingerprint density at radius 1 is 0.889 bits per heavy atom. The van der Waals surface area contributed by atoms with E-state index < -0.39 is 0 Å². The summed E-state index contributed by atoms with van der Waals surface area (Å²) in [5, 5.41) is 3.32. The normalized spacial score (nSPS) is 9.94. The zero-order chi connectivity index (χ0) is 12.6. The van der Waals surface area contributed by atoms with E-state index in [9.17, 15) is 0 Å². The zero-order valence-corrected chi connectivity index (χ0v) is 10.4. The van der Waals surface area contributed by atoms with E-state index in [0.717, 1.165) is 19.5 Å². The summed E-state index contributed by atoms with van der Waals surface area (Å²) in [6.45, 7) is 1.74. The van der Waals surface area contributed by atoms with Crippen molar-refractivity contribution >= 4 is 0 Å². The number of rotatable bonds is 5. The molecule has 0 radical (unpaired) electrons. The van der Waals surface area contributed by atoms with Gasteiger partial charge in [0.25, 0.3) is 0 Å². The van der Waals surface area contributed by atoms with E-state index in [2.05, 4.69) is 59.8 Å². The molecule has 0 bridgehead atoms. The van der Waals surface area contributed by atoms with Gasteiger partial charge >= 0.3 is 0 Å². The van der Waals surface area contributed by atoms with Crippen molar-refractivity contribution in [1.29, 1.82) is 0 Å². The molecule has 18 heavy (non-hydrogen) atoms. The lowest BCUT2D eigenvalue weighted by Gasteiger charge is -2.05. The quantitative estimate of drug-likeness (QED) is 0.618. The second-order valence-corrected chi connectivity index (χ2v) is 4.19. The maximum Gasteiger partial charge on any atom is 0.0212 e. The molecule has 2 aromatic carbocycles. The van der Waals surface area contributed by atoms with Crippen LogP contribution < -0.4 is 5.32 Å². The van der Waals surface area contributed by atoms with Gasteiger partial charge in [-0.2, -0.15) is 0 Å². The minimum atomic E-state index is 0.780. The summed E-state index contributed by atoms with van der Waals surface area (Å²) in [5.41, 5.74) is 3.79. The van der Waals surface area contributed by atoms with Crippen LogP contribution >= 0.6 is 0 Å². The van der Waals surface area contributed by atoms with Crippen LogP contribution in [-0.2, 0) is 6.54 Å².